The quantitative estimate of drug-likeness (QED) is 0.751. The number of nitriles is 1. The van der Waals surface area contributed by atoms with Gasteiger partial charge in [0.05, 0.1) is 11.5 Å². The molecule has 15 heavy (non-hydrogen) atoms. The fraction of sp³-hybridized carbons (Fsp3) is 0.583. The van der Waals surface area contributed by atoms with Crippen LogP contribution in [0.15, 0.2) is 16.8 Å². The molecule has 0 aliphatic rings. The first-order chi connectivity index (χ1) is 7.14. The summed E-state index contributed by atoms with van der Waals surface area (Å²) in [7, 11) is 0. The zero-order valence-corrected chi connectivity index (χ0v) is 10.2. The minimum absolute atomic E-state index is 0.199. The summed E-state index contributed by atoms with van der Waals surface area (Å²) < 4.78 is 0. The predicted octanol–water partition coefficient (Wildman–Crippen LogP) is 2.82. The van der Waals surface area contributed by atoms with E-state index in [1.165, 1.54) is 5.56 Å². The molecule has 0 radical (unpaired) electrons. The molecular weight excluding hydrogens is 204 g/mol. The first kappa shape index (κ1) is 12.2. The van der Waals surface area contributed by atoms with Crippen LogP contribution in [-0.4, -0.2) is 13.1 Å². The van der Waals surface area contributed by atoms with E-state index in [0.29, 0.717) is 0 Å². The molecule has 0 saturated carbocycles. The van der Waals surface area contributed by atoms with Crippen molar-refractivity contribution in [2.45, 2.75) is 26.7 Å². The summed E-state index contributed by atoms with van der Waals surface area (Å²) >= 11 is 1.74. The number of thiophene rings is 1. The molecule has 3 heteroatoms. The Hall–Kier alpha value is -0.850. The van der Waals surface area contributed by atoms with Crippen molar-refractivity contribution in [2.24, 2.45) is 5.41 Å². The summed E-state index contributed by atoms with van der Waals surface area (Å²) in [6.07, 6.45) is 1.99. The molecule has 1 rings (SSSR count). The van der Waals surface area contributed by atoms with Gasteiger partial charge in [-0.05, 0) is 62.2 Å². The van der Waals surface area contributed by atoms with Crippen LogP contribution in [-0.2, 0) is 6.42 Å². The van der Waals surface area contributed by atoms with E-state index in [-0.39, 0.29) is 5.41 Å². The van der Waals surface area contributed by atoms with Crippen LogP contribution in [0.2, 0.25) is 0 Å². The molecular formula is C12H18N2S. The van der Waals surface area contributed by atoms with Gasteiger partial charge < -0.3 is 5.32 Å². The second-order valence-corrected chi connectivity index (χ2v) is 5.16. The lowest BCUT2D eigenvalue weighted by molar-refractivity contribution is 0.434. The maximum absolute atomic E-state index is 8.82. The average Bonchev–Trinajstić information content (AvgIpc) is 2.70. The van der Waals surface area contributed by atoms with Crippen LogP contribution in [0.4, 0.5) is 0 Å². The molecule has 0 unspecified atom stereocenters. The average molecular weight is 222 g/mol. The van der Waals surface area contributed by atoms with E-state index in [0.717, 1.165) is 25.9 Å². The first-order valence-electron chi connectivity index (χ1n) is 5.27. The van der Waals surface area contributed by atoms with Crippen LogP contribution in [0.1, 0.15) is 25.8 Å². The Morgan fingerprint density at radius 1 is 1.47 bits per heavy atom. The maximum atomic E-state index is 8.82. The number of hydrogen-bond acceptors (Lipinski definition) is 3. The Bertz CT molecular complexity index is 309. The third-order valence-corrected chi connectivity index (χ3v) is 3.13. The molecule has 0 fully saturated rings. The normalized spacial score (nSPS) is 11.3. The van der Waals surface area contributed by atoms with Crippen LogP contribution in [0.5, 0.6) is 0 Å². The van der Waals surface area contributed by atoms with Crippen molar-refractivity contribution in [2.75, 3.05) is 13.1 Å². The van der Waals surface area contributed by atoms with Crippen molar-refractivity contribution < 1.29 is 0 Å². The van der Waals surface area contributed by atoms with Gasteiger partial charge >= 0.3 is 0 Å². The molecule has 0 saturated heterocycles. The highest BCUT2D eigenvalue weighted by molar-refractivity contribution is 7.07. The SMILES string of the molecule is CC(C)(C#N)CCNCCc1ccsc1. The highest BCUT2D eigenvalue weighted by atomic mass is 32.1. The van der Waals surface area contributed by atoms with Crippen molar-refractivity contribution in [3.05, 3.63) is 22.4 Å². The highest BCUT2D eigenvalue weighted by Gasteiger charge is 2.15. The minimum Gasteiger partial charge on any atom is -0.316 e. The molecule has 82 valence electrons. The van der Waals surface area contributed by atoms with E-state index >= 15 is 0 Å². The summed E-state index contributed by atoms with van der Waals surface area (Å²) in [4.78, 5) is 0. The molecule has 0 aromatic carbocycles. The molecule has 1 aromatic rings. The molecule has 0 spiro atoms. The summed E-state index contributed by atoms with van der Waals surface area (Å²) in [6, 6.07) is 4.47. The van der Waals surface area contributed by atoms with Crippen molar-refractivity contribution >= 4 is 11.3 Å². The molecule has 0 aliphatic carbocycles. The zero-order chi connectivity index (χ0) is 11.1. The van der Waals surface area contributed by atoms with Crippen LogP contribution >= 0.6 is 11.3 Å². The van der Waals surface area contributed by atoms with Gasteiger partial charge in [-0.3, -0.25) is 0 Å². The van der Waals surface area contributed by atoms with Crippen molar-refractivity contribution in [3.63, 3.8) is 0 Å². The zero-order valence-electron chi connectivity index (χ0n) is 9.42. The predicted molar refractivity (Wildman–Crippen MR) is 64.9 cm³/mol. The lowest BCUT2D eigenvalue weighted by Crippen LogP contribution is -2.23. The van der Waals surface area contributed by atoms with E-state index in [9.17, 15) is 0 Å². The highest BCUT2D eigenvalue weighted by Crippen LogP contribution is 2.17. The van der Waals surface area contributed by atoms with Gasteiger partial charge in [-0.1, -0.05) is 0 Å². The molecule has 1 aromatic heterocycles. The Morgan fingerprint density at radius 3 is 2.87 bits per heavy atom. The smallest absolute Gasteiger partial charge is 0.0684 e. The van der Waals surface area contributed by atoms with Crippen LogP contribution < -0.4 is 5.32 Å². The third kappa shape index (κ3) is 4.96. The largest absolute Gasteiger partial charge is 0.316 e. The van der Waals surface area contributed by atoms with Crippen molar-refractivity contribution in [1.29, 1.82) is 5.26 Å². The van der Waals surface area contributed by atoms with Gasteiger partial charge in [-0.25, -0.2) is 0 Å². The van der Waals surface area contributed by atoms with Gasteiger partial charge in [0.2, 0.25) is 0 Å². The molecule has 1 heterocycles. The Morgan fingerprint density at radius 2 is 2.27 bits per heavy atom. The van der Waals surface area contributed by atoms with E-state index in [4.69, 9.17) is 5.26 Å². The number of nitrogens with one attached hydrogen (secondary N) is 1. The van der Waals surface area contributed by atoms with E-state index in [1.54, 1.807) is 11.3 Å². The monoisotopic (exact) mass is 222 g/mol. The lowest BCUT2D eigenvalue weighted by atomic mass is 9.91. The second-order valence-electron chi connectivity index (χ2n) is 4.38. The molecule has 0 amide bonds. The fourth-order valence-corrected chi connectivity index (χ4v) is 1.95. The van der Waals surface area contributed by atoms with Crippen molar-refractivity contribution in [1.82, 2.24) is 5.32 Å². The maximum Gasteiger partial charge on any atom is 0.0684 e. The molecule has 2 nitrogen and oxygen atoms in total. The number of rotatable bonds is 6. The van der Waals surface area contributed by atoms with Gasteiger partial charge in [0.25, 0.3) is 0 Å². The topological polar surface area (TPSA) is 35.8 Å². The second kappa shape index (κ2) is 5.89. The Kier molecular flexibility index (Phi) is 4.80. The Labute approximate surface area is 95.9 Å². The van der Waals surface area contributed by atoms with Crippen LogP contribution in [0.25, 0.3) is 0 Å². The van der Waals surface area contributed by atoms with Crippen LogP contribution in [0.3, 0.4) is 0 Å². The molecule has 1 N–H and O–H groups in total. The van der Waals surface area contributed by atoms with E-state index < -0.39 is 0 Å². The lowest BCUT2D eigenvalue weighted by Gasteiger charge is -2.14. The molecule has 0 atom stereocenters. The van der Waals surface area contributed by atoms with Gasteiger partial charge in [-0.2, -0.15) is 16.6 Å². The van der Waals surface area contributed by atoms with E-state index in [2.05, 4.69) is 28.2 Å². The summed E-state index contributed by atoms with van der Waals surface area (Å²) in [6.45, 7) is 5.88. The van der Waals surface area contributed by atoms with Crippen molar-refractivity contribution in [3.8, 4) is 6.07 Å². The Balaban J connectivity index is 2.06. The first-order valence-corrected chi connectivity index (χ1v) is 6.21. The standard InChI is InChI=1S/C12H18N2S/c1-12(2,10-13)5-7-14-6-3-11-4-8-15-9-11/h4,8-9,14H,3,5-7H2,1-2H3. The van der Waals surface area contributed by atoms with Gasteiger partial charge in [-0.15, -0.1) is 0 Å². The minimum atomic E-state index is -0.199. The number of nitrogens with zero attached hydrogens (tertiary/aromatic N) is 1. The summed E-state index contributed by atoms with van der Waals surface area (Å²) in [5.74, 6) is 0. The van der Waals surface area contributed by atoms with Gasteiger partial charge in [0.1, 0.15) is 0 Å². The summed E-state index contributed by atoms with van der Waals surface area (Å²) in [5.41, 5.74) is 1.20. The van der Waals surface area contributed by atoms with E-state index in [1.807, 2.05) is 13.8 Å². The fourth-order valence-electron chi connectivity index (χ4n) is 1.25. The third-order valence-electron chi connectivity index (χ3n) is 2.40. The van der Waals surface area contributed by atoms with Gasteiger partial charge in [0, 0.05) is 0 Å². The molecule has 0 aliphatic heterocycles. The van der Waals surface area contributed by atoms with Gasteiger partial charge in [0.15, 0.2) is 0 Å². The summed E-state index contributed by atoms with van der Waals surface area (Å²) in [5, 5.41) is 16.5. The molecule has 0 bridgehead atoms. The number of hydrogen-bond donors (Lipinski definition) is 1. The van der Waals surface area contributed by atoms with Crippen LogP contribution in [0, 0.1) is 16.7 Å².